The lowest BCUT2D eigenvalue weighted by Gasteiger charge is -2.17. The third kappa shape index (κ3) is 2.32. The molecule has 1 heterocycles. The van der Waals surface area contributed by atoms with E-state index in [-0.39, 0.29) is 0 Å². The van der Waals surface area contributed by atoms with Crippen LogP contribution in [0.2, 0.25) is 0 Å². The Morgan fingerprint density at radius 1 is 1.64 bits per heavy atom. The molecule has 1 aromatic rings. The van der Waals surface area contributed by atoms with Crippen LogP contribution >= 0.6 is 0 Å². The van der Waals surface area contributed by atoms with Gasteiger partial charge in [-0.15, -0.1) is 0 Å². The Kier molecular flexibility index (Phi) is 2.25. The van der Waals surface area contributed by atoms with E-state index in [9.17, 15) is 4.21 Å². The Bertz CT molecular complexity index is 259. The molecule has 1 aromatic heterocycles. The van der Waals surface area contributed by atoms with Gasteiger partial charge in [0.15, 0.2) is 0 Å². The van der Waals surface area contributed by atoms with Crippen LogP contribution in [0.3, 0.4) is 0 Å². The number of imidazole rings is 1. The van der Waals surface area contributed by atoms with E-state index in [0.29, 0.717) is 0 Å². The highest BCUT2D eigenvalue weighted by Crippen LogP contribution is 1.97. The molecule has 64 valence electrons. The Labute approximate surface area is 65.7 Å². The molecule has 11 heavy (non-hydrogen) atoms. The Hall–Kier alpha value is -0.880. The fourth-order valence-electron chi connectivity index (χ4n) is 0.500. The van der Waals surface area contributed by atoms with Gasteiger partial charge in [-0.05, 0) is 0 Å². The van der Waals surface area contributed by atoms with Gasteiger partial charge in [0.2, 0.25) is 0 Å². The smallest absolute Gasteiger partial charge is 0.133 e. The minimum absolute atomic E-state index is 1.24. The predicted molar refractivity (Wildman–Crippen MR) is 41.3 cm³/mol. The summed E-state index contributed by atoms with van der Waals surface area (Å²) in [5.74, 6) is 0. The molecule has 0 bridgehead atoms. The first kappa shape index (κ1) is 8.22. The van der Waals surface area contributed by atoms with E-state index in [1.54, 1.807) is 0 Å². The Morgan fingerprint density at radius 2 is 2.36 bits per heavy atom. The van der Waals surface area contributed by atoms with Gasteiger partial charge in [0.25, 0.3) is 0 Å². The molecule has 0 spiro atoms. The summed E-state index contributed by atoms with van der Waals surface area (Å²) in [4.78, 5) is 3.70. The second-order valence-electron chi connectivity index (χ2n) is 1.96. The predicted octanol–water partition coefficient (Wildman–Crippen LogP) is -0.565. The summed E-state index contributed by atoms with van der Waals surface area (Å²) >= 11 is 0. The maximum Gasteiger partial charge on any atom is 0.133 e. The maximum atomic E-state index is 11.2. The van der Waals surface area contributed by atoms with Gasteiger partial charge in [-0.2, -0.15) is 4.73 Å². The molecule has 0 radical (unpaired) electrons. The topological polar surface area (TPSA) is 53.4 Å². The van der Waals surface area contributed by atoms with Crippen LogP contribution in [0.1, 0.15) is 0 Å². The molecule has 1 rings (SSSR count). The van der Waals surface area contributed by atoms with E-state index < -0.39 is 10.5 Å². The van der Waals surface area contributed by atoms with Crippen LogP contribution in [0.4, 0.5) is 0 Å². The van der Waals surface area contributed by atoms with Gasteiger partial charge in [0.05, 0.1) is 13.3 Å². The van der Waals surface area contributed by atoms with E-state index in [1.807, 2.05) is 0 Å². The van der Waals surface area contributed by atoms with Crippen LogP contribution in [-0.2, 0) is 14.7 Å². The lowest BCUT2D eigenvalue weighted by atomic mass is 11.0. The van der Waals surface area contributed by atoms with E-state index >= 15 is 0 Å². The molecule has 0 aliphatic rings. The van der Waals surface area contributed by atoms with Crippen LogP contribution in [0.25, 0.3) is 0 Å². The summed E-state index contributed by atoms with van der Waals surface area (Å²) in [7, 11) is -1.61. The van der Waals surface area contributed by atoms with E-state index in [0.717, 1.165) is 0 Å². The lowest BCUT2D eigenvalue weighted by molar-refractivity contribution is 0.239. The van der Waals surface area contributed by atoms with Gasteiger partial charge in [0, 0.05) is 12.5 Å². The Morgan fingerprint density at radius 3 is 2.82 bits per heavy atom. The number of rotatable bonds is 3. The minimum atomic E-state index is -2.94. The third-order valence-corrected chi connectivity index (χ3v) is 2.20. The van der Waals surface area contributed by atoms with Crippen LogP contribution < -0.4 is 4.28 Å². The summed E-state index contributed by atoms with van der Waals surface area (Å²) < 4.78 is 21.9. The molecular formula is C5H10N2O3S. The van der Waals surface area contributed by atoms with Gasteiger partial charge < -0.3 is 4.28 Å². The zero-order chi connectivity index (χ0) is 8.32. The van der Waals surface area contributed by atoms with Crippen molar-refractivity contribution in [3.63, 3.8) is 0 Å². The summed E-state index contributed by atoms with van der Waals surface area (Å²) in [6, 6.07) is 0. The Balaban J connectivity index is 2.63. The molecule has 0 aliphatic carbocycles. The van der Waals surface area contributed by atoms with Crippen molar-refractivity contribution in [3.8, 4) is 0 Å². The van der Waals surface area contributed by atoms with Crippen molar-refractivity contribution in [1.82, 2.24) is 9.71 Å². The van der Waals surface area contributed by atoms with Crippen molar-refractivity contribution in [2.45, 2.75) is 0 Å². The molecule has 5 nitrogen and oxygen atoms in total. The monoisotopic (exact) mass is 178 g/mol. The SMILES string of the molecule is CO[SH](C)(=O)On1ccnc1. The molecule has 0 atom stereocenters. The van der Waals surface area contributed by atoms with Crippen LogP contribution in [0.5, 0.6) is 0 Å². The van der Waals surface area contributed by atoms with Crippen molar-refractivity contribution < 1.29 is 12.7 Å². The molecule has 0 saturated heterocycles. The molecular weight excluding hydrogens is 168 g/mol. The molecule has 0 fully saturated rings. The van der Waals surface area contributed by atoms with Crippen LogP contribution in [0, 0.1) is 0 Å². The molecule has 0 N–H and O–H groups in total. The van der Waals surface area contributed by atoms with Crippen molar-refractivity contribution >= 4 is 10.5 Å². The van der Waals surface area contributed by atoms with Crippen molar-refractivity contribution in [1.29, 1.82) is 0 Å². The van der Waals surface area contributed by atoms with Gasteiger partial charge in [0.1, 0.15) is 16.8 Å². The quantitative estimate of drug-likeness (QED) is 0.630. The van der Waals surface area contributed by atoms with Crippen LogP contribution in [0.15, 0.2) is 18.7 Å². The maximum absolute atomic E-state index is 11.2. The zero-order valence-corrected chi connectivity index (χ0v) is 7.19. The fourth-order valence-corrected chi connectivity index (χ4v) is 1.01. The molecule has 0 aliphatic heterocycles. The first-order valence-electron chi connectivity index (χ1n) is 2.95. The van der Waals surface area contributed by atoms with Gasteiger partial charge >= 0.3 is 0 Å². The summed E-state index contributed by atoms with van der Waals surface area (Å²) in [6.07, 6.45) is 5.84. The van der Waals surface area contributed by atoms with Crippen molar-refractivity contribution in [2.75, 3.05) is 13.4 Å². The van der Waals surface area contributed by atoms with E-state index in [1.165, 1.54) is 36.8 Å². The molecule has 6 heteroatoms. The summed E-state index contributed by atoms with van der Waals surface area (Å²) in [5, 5.41) is 0. The number of nitrogens with zero attached hydrogens (tertiary/aromatic N) is 2. The second kappa shape index (κ2) is 3.02. The van der Waals surface area contributed by atoms with E-state index in [2.05, 4.69) is 9.17 Å². The number of hydrogen-bond acceptors (Lipinski definition) is 4. The average molecular weight is 178 g/mol. The standard InChI is InChI=1S/C5H10N2O3S/c1-9-11(2,8)10-7-4-3-6-5-7/h3-5,11H,1-2H3. The minimum Gasteiger partial charge on any atom is -0.316 e. The molecule has 0 saturated carbocycles. The first-order valence-corrected chi connectivity index (χ1v) is 4.94. The highest BCUT2D eigenvalue weighted by atomic mass is 32.3. The third-order valence-electron chi connectivity index (χ3n) is 1.05. The largest absolute Gasteiger partial charge is 0.316 e. The van der Waals surface area contributed by atoms with Crippen molar-refractivity contribution in [2.24, 2.45) is 0 Å². The fraction of sp³-hybridized carbons (Fsp3) is 0.400. The van der Waals surface area contributed by atoms with Gasteiger partial charge in [-0.25, -0.2) is 9.19 Å². The average Bonchev–Trinajstić information content (AvgIpc) is 2.39. The molecule has 0 aromatic carbocycles. The molecule has 0 amide bonds. The van der Waals surface area contributed by atoms with E-state index in [4.69, 9.17) is 4.28 Å². The number of hydrogen-bond donors (Lipinski definition) is 1. The van der Waals surface area contributed by atoms with Crippen LogP contribution in [-0.4, -0.2) is 27.3 Å². The summed E-state index contributed by atoms with van der Waals surface area (Å²) in [5.41, 5.74) is 0. The highest BCUT2D eigenvalue weighted by molar-refractivity contribution is 7.93. The zero-order valence-electron chi connectivity index (χ0n) is 6.30. The van der Waals surface area contributed by atoms with Gasteiger partial charge in [-0.1, -0.05) is 0 Å². The van der Waals surface area contributed by atoms with Gasteiger partial charge in [-0.3, -0.25) is 4.18 Å². The second-order valence-corrected chi connectivity index (χ2v) is 4.03. The number of aromatic nitrogens is 2. The highest BCUT2D eigenvalue weighted by Gasteiger charge is 2.05. The summed E-state index contributed by atoms with van der Waals surface area (Å²) in [6.45, 7) is 0. The lowest BCUT2D eigenvalue weighted by Crippen LogP contribution is -2.26. The van der Waals surface area contributed by atoms with Crippen molar-refractivity contribution in [3.05, 3.63) is 18.7 Å². The molecule has 0 unspecified atom stereocenters. The normalized spacial score (nSPS) is 12.9. The number of thiol groups is 1. The first-order chi connectivity index (χ1) is 5.14.